The number of amides is 4. The van der Waals surface area contributed by atoms with Crippen molar-refractivity contribution in [2.24, 2.45) is 0 Å². The Hall–Kier alpha value is -6.25. The van der Waals surface area contributed by atoms with Gasteiger partial charge in [-0.15, -0.1) is 0 Å². The van der Waals surface area contributed by atoms with Gasteiger partial charge < -0.3 is 45.7 Å². The lowest BCUT2D eigenvalue weighted by Gasteiger charge is -2.19. The van der Waals surface area contributed by atoms with Crippen LogP contribution in [-0.2, 0) is 43.6 Å². The van der Waals surface area contributed by atoms with Crippen molar-refractivity contribution < 1.29 is 48.4 Å². The van der Waals surface area contributed by atoms with Gasteiger partial charge in [0, 0.05) is 11.4 Å². The van der Waals surface area contributed by atoms with Gasteiger partial charge in [-0.3, -0.25) is 9.59 Å². The van der Waals surface area contributed by atoms with Crippen molar-refractivity contribution in [3.63, 3.8) is 0 Å². The molecule has 0 saturated carbocycles. The quantitative estimate of drug-likeness (QED) is 0.0795. The number of aliphatic hydroxyl groups is 2. The van der Waals surface area contributed by atoms with Crippen LogP contribution in [0.3, 0.4) is 0 Å². The molecule has 0 spiro atoms. The van der Waals surface area contributed by atoms with Gasteiger partial charge in [0.2, 0.25) is 11.8 Å². The Morgan fingerprint density at radius 3 is 1.24 bits per heavy atom. The Morgan fingerprint density at radius 1 is 0.520 bits per heavy atom. The number of carbonyl (C=O) groups excluding carboxylic acids is 5. The molecule has 260 valence electrons. The number of alkyl carbamates (subject to hydrolysis) is 2. The van der Waals surface area contributed by atoms with Crippen LogP contribution in [0.25, 0.3) is 0 Å². The molecule has 0 aromatic heterocycles. The number of hydrogen-bond acceptors (Lipinski definition) is 10. The summed E-state index contributed by atoms with van der Waals surface area (Å²) in [5, 5.41) is 29.2. The van der Waals surface area contributed by atoms with Crippen molar-refractivity contribution in [3.8, 4) is 0 Å². The van der Waals surface area contributed by atoms with Crippen molar-refractivity contribution in [2.45, 2.75) is 31.9 Å². The van der Waals surface area contributed by atoms with Crippen LogP contribution < -0.4 is 21.3 Å². The summed E-state index contributed by atoms with van der Waals surface area (Å²) in [4.78, 5) is 63.9. The molecule has 0 saturated heterocycles. The standard InChI is InChI=1S/C36H36N4O10/c41-19-30(39-35(46)49-22-25-12-6-2-7-13-25)32(43)37-28-16-27(34(45)48-21-24-10-4-1-5-11-24)17-29(18-28)38-33(44)31(20-42)40-36(47)50-23-26-14-8-3-9-15-26/h1-18,30-31,41-42H,19-23H2,(H,37,43)(H,38,44)(H,39,46)(H,40,47)/t30-,31-/m0/s1. The fourth-order valence-electron chi connectivity index (χ4n) is 4.36. The second-order valence-electron chi connectivity index (χ2n) is 10.7. The molecule has 0 fully saturated rings. The lowest BCUT2D eigenvalue weighted by molar-refractivity contribution is -0.119. The Bertz CT molecular complexity index is 1640. The zero-order chi connectivity index (χ0) is 35.7. The van der Waals surface area contributed by atoms with Crippen LogP contribution in [0.5, 0.6) is 0 Å². The van der Waals surface area contributed by atoms with E-state index in [-0.39, 0.29) is 36.8 Å². The van der Waals surface area contributed by atoms with E-state index in [9.17, 15) is 34.2 Å². The first-order valence-corrected chi connectivity index (χ1v) is 15.4. The monoisotopic (exact) mass is 684 g/mol. The third-order valence-corrected chi connectivity index (χ3v) is 6.92. The predicted octanol–water partition coefficient (Wildman–Crippen LogP) is 3.50. The molecule has 4 rings (SSSR count). The SMILES string of the molecule is O=C(N[C@@H](CO)C(=O)Nc1cc(NC(=O)[C@H](CO)NC(=O)OCc2ccccc2)cc(C(=O)OCc2ccccc2)c1)OCc1ccccc1. The predicted molar refractivity (Wildman–Crippen MR) is 181 cm³/mol. The summed E-state index contributed by atoms with van der Waals surface area (Å²) in [6.45, 7) is -1.80. The molecule has 0 unspecified atom stereocenters. The van der Waals surface area contributed by atoms with E-state index < -0.39 is 55.3 Å². The van der Waals surface area contributed by atoms with Crippen molar-refractivity contribution >= 4 is 41.3 Å². The van der Waals surface area contributed by atoms with Crippen molar-refractivity contribution in [1.29, 1.82) is 0 Å². The molecule has 0 radical (unpaired) electrons. The van der Waals surface area contributed by atoms with E-state index in [4.69, 9.17) is 14.2 Å². The minimum atomic E-state index is -1.45. The summed E-state index contributed by atoms with van der Waals surface area (Å²) in [7, 11) is 0. The molecule has 14 heteroatoms. The molecule has 0 heterocycles. The summed E-state index contributed by atoms with van der Waals surface area (Å²) in [6, 6.07) is 27.5. The smallest absolute Gasteiger partial charge is 0.408 e. The number of carbonyl (C=O) groups is 5. The third kappa shape index (κ3) is 11.8. The van der Waals surface area contributed by atoms with Gasteiger partial charge in [0.1, 0.15) is 31.9 Å². The van der Waals surface area contributed by atoms with Crippen LogP contribution in [0.1, 0.15) is 27.0 Å². The normalized spacial score (nSPS) is 11.6. The number of ether oxygens (including phenoxy) is 3. The largest absolute Gasteiger partial charge is 0.457 e. The molecular formula is C36H36N4O10. The maximum absolute atomic E-state index is 13.1. The minimum Gasteiger partial charge on any atom is -0.457 e. The first kappa shape index (κ1) is 36.6. The van der Waals surface area contributed by atoms with Crippen molar-refractivity contribution in [1.82, 2.24) is 10.6 Å². The summed E-state index contributed by atoms with van der Waals surface area (Å²) in [5.41, 5.74) is 2.01. The Balaban J connectivity index is 1.45. The van der Waals surface area contributed by atoms with E-state index in [0.29, 0.717) is 16.7 Å². The number of aliphatic hydroxyl groups excluding tert-OH is 2. The second kappa shape index (κ2) is 18.9. The molecule has 0 aliphatic carbocycles. The number of hydrogen-bond donors (Lipinski definition) is 6. The van der Waals surface area contributed by atoms with Crippen LogP contribution in [0, 0.1) is 0 Å². The molecule has 50 heavy (non-hydrogen) atoms. The minimum absolute atomic E-state index is 0.0202. The molecule has 6 N–H and O–H groups in total. The highest BCUT2D eigenvalue weighted by molar-refractivity contribution is 6.02. The molecule has 0 bridgehead atoms. The fraction of sp³-hybridized carbons (Fsp3) is 0.194. The van der Waals surface area contributed by atoms with Gasteiger partial charge in [-0.25, -0.2) is 14.4 Å². The van der Waals surface area contributed by atoms with Crippen LogP contribution >= 0.6 is 0 Å². The topological polar surface area (TPSA) is 202 Å². The van der Waals surface area contributed by atoms with Gasteiger partial charge in [-0.1, -0.05) is 91.0 Å². The summed E-state index contributed by atoms with van der Waals surface area (Å²) >= 11 is 0. The van der Waals surface area contributed by atoms with Crippen LogP contribution in [0.15, 0.2) is 109 Å². The Kier molecular flexibility index (Phi) is 13.8. The summed E-state index contributed by atoms with van der Waals surface area (Å²) < 4.78 is 15.7. The molecule has 0 aliphatic heterocycles. The third-order valence-electron chi connectivity index (χ3n) is 6.92. The molecule has 4 aromatic rings. The number of nitrogens with one attached hydrogen (secondary N) is 4. The molecule has 2 atom stereocenters. The molecule has 0 aliphatic rings. The van der Waals surface area contributed by atoms with E-state index in [0.717, 1.165) is 0 Å². The number of rotatable bonds is 15. The average molecular weight is 685 g/mol. The van der Waals surface area contributed by atoms with Crippen LogP contribution in [0.4, 0.5) is 21.0 Å². The van der Waals surface area contributed by atoms with Crippen LogP contribution in [0.2, 0.25) is 0 Å². The maximum atomic E-state index is 13.1. The van der Waals surface area contributed by atoms with Gasteiger partial charge in [0.25, 0.3) is 0 Å². The zero-order valence-electron chi connectivity index (χ0n) is 26.7. The molecule has 4 amide bonds. The first-order valence-electron chi connectivity index (χ1n) is 15.4. The fourth-order valence-corrected chi connectivity index (χ4v) is 4.36. The van der Waals surface area contributed by atoms with E-state index in [1.807, 2.05) is 0 Å². The number of esters is 1. The van der Waals surface area contributed by atoms with Gasteiger partial charge in [0.15, 0.2) is 0 Å². The van der Waals surface area contributed by atoms with Crippen LogP contribution in [-0.4, -0.2) is 65.5 Å². The van der Waals surface area contributed by atoms with E-state index in [1.165, 1.54) is 18.2 Å². The first-order chi connectivity index (χ1) is 24.2. The van der Waals surface area contributed by atoms with Crippen molar-refractivity contribution in [2.75, 3.05) is 23.8 Å². The highest BCUT2D eigenvalue weighted by atomic mass is 16.6. The maximum Gasteiger partial charge on any atom is 0.408 e. The van der Waals surface area contributed by atoms with E-state index in [2.05, 4.69) is 21.3 Å². The van der Waals surface area contributed by atoms with Gasteiger partial charge >= 0.3 is 18.2 Å². The zero-order valence-corrected chi connectivity index (χ0v) is 26.7. The highest BCUT2D eigenvalue weighted by Crippen LogP contribution is 2.21. The number of anilines is 2. The van der Waals surface area contributed by atoms with Crippen molar-refractivity contribution in [3.05, 3.63) is 131 Å². The van der Waals surface area contributed by atoms with Gasteiger partial charge in [-0.2, -0.15) is 0 Å². The Labute approximate surface area is 287 Å². The second-order valence-corrected chi connectivity index (χ2v) is 10.7. The average Bonchev–Trinajstić information content (AvgIpc) is 3.14. The van der Waals surface area contributed by atoms with E-state index in [1.54, 1.807) is 91.0 Å². The molecule has 4 aromatic carbocycles. The van der Waals surface area contributed by atoms with Gasteiger partial charge in [-0.05, 0) is 34.9 Å². The Morgan fingerprint density at radius 2 is 0.880 bits per heavy atom. The molecule has 14 nitrogen and oxygen atoms in total. The summed E-state index contributed by atoms with van der Waals surface area (Å²) in [6.07, 6.45) is -1.92. The van der Waals surface area contributed by atoms with E-state index >= 15 is 0 Å². The number of benzene rings is 4. The van der Waals surface area contributed by atoms with Gasteiger partial charge in [0.05, 0.1) is 18.8 Å². The lowest BCUT2D eigenvalue weighted by atomic mass is 10.1. The highest BCUT2D eigenvalue weighted by Gasteiger charge is 2.24. The molecular weight excluding hydrogens is 648 g/mol. The summed E-state index contributed by atoms with van der Waals surface area (Å²) in [5.74, 6) is -2.54. The lowest BCUT2D eigenvalue weighted by Crippen LogP contribution is -2.46.